The number of hydrogen-bond donors (Lipinski definition) is 1. The average Bonchev–Trinajstić information content (AvgIpc) is 3.11. The molecule has 1 amide bonds. The molecule has 1 aromatic rings. The van der Waals surface area contributed by atoms with E-state index in [1.54, 1.807) is 25.1 Å². The molecule has 4 heteroatoms. The lowest BCUT2D eigenvalue weighted by molar-refractivity contribution is 0.0779. The van der Waals surface area contributed by atoms with Crippen molar-refractivity contribution in [1.82, 2.24) is 9.80 Å². The third kappa shape index (κ3) is 2.40. The molecule has 108 valence electrons. The molecule has 1 atom stereocenters. The van der Waals surface area contributed by atoms with E-state index in [1.165, 1.54) is 25.9 Å². The average molecular weight is 274 g/mol. The second kappa shape index (κ2) is 5.44. The summed E-state index contributed by atoms with van der Waals surface area (Å²) in [5.41, 5.74) is 1.31. The Hall–Kier alpha value is -1.55. The van der Waals surface area contributed by atoms with Crippen molar-refractivity contribution >= 4 is 5.91 Å². The highest BCUT2D eigenvalue weighted by Crippen LogP contribution is 2.25. The third-order valence-electron chi connectivity index (χ3n) is 4.64. The zero-order chi connectivity index (χ0) is 14.1. The molecule has 1 aromatic carbocycles. The molecule has 1 unspecified atom stereocenters. The van der Waals surface area contributed by atoms with Crippen LogP contribution in [0.2, 0.25) is 0 Å². The summed E-state index contributed by atoms with van der Waals surface area (Å²) in [5, 5.41) is 9.74. The van der Waals surface area contributed by atoms with Crippen LogP contribution in [0.25, 0.3) is 0 Å². The quantitative estimate of drug-likeness (QED) is 0.897. The van der Waals surface area contributed by atoms with Gasteiger partial charge in [-0.05, 0) is 51.4 Å². The van der Waals surface area contributed by atoms with Crippen molar-refractivity contribution in [2.75, 3.05) is 26.2 Å². The van der Waals surface area contributed by atoms with E-state index in [4.69, 9.17) is 0 Å². The minimum absolute atomic E-state index is 0.0556. The van der Waals surface area contributed by atoms with Gasteiger partial charge in [0.2, 0.25) is 0 Å². The van der Waals surface area contributed by atoms with E-state index in [0.717, 1.165) is 19.5 Å². The van der Waals surface area contributed by atoms with Crippen molar-refractivity contribution in [3.8, 4) is 5.75 Å². The van der Waals surface area contributed by atoms with Crippen LogP contribution in [0.5, 0.6) is 5.75 Å². The Morgan fingerprint density at radius 1 is 1.25 bits per heavy atom. The zero-order valence-electron chi connectivity index (χ0n) is 12.0. The first kappa shape index (κ1) is 13.4. The standard InChI is InChI=1S/C16H22N2O2/c1-12-14(5-4-6-15(12)19)16(20)18-10-7-13(11-18)17-8-2-3-9-17/h4-6,13,19H,2-3,7-11H2,1H3. The van der Waals surface area contributed by atoms with Crippen molar-refractivity contribution in [3.63, 3.8) is 0 Å². The van der Waals surface area contributed by atoms with Crippen LogP contribution in [-0.4, -0.2) is 53.0 Å². The Morgan fingerprint density at radius 2 is 2.00 bits per heavy atom. The van der Waals surface area contributed by atoms with E-state index < -0.39 is 0 Å². The summed E-state index contributed by atoms with van der Waals surface area (Å²) in [6.07, 6.45) is 3.65. The number of carbonyl (C=O) groups is 1. The minimum Gasteiger partial charge on any atom is -0.508 e. The number of aromatic hydroxyl groups is 1. The summed E-state index contributed by atoms with van der Waals surface area (Å²) in [7, 11) is 0. The summed E-state index contributed by atoms with van der Waals surface area (Å²) in [5.74, 6) is 0.256. The Labute approximate surface area is 120 Å². The molecular formula is C16H22N2O2. The lowest BCUT2D eigenvalue weighted by Crippen LogP contribution is -2.37. The monoisotopic (exact) mass is 274 g/mol. The van der Waals surface area contributed by atoms with E-state index >= 15 is 0 Å². The van der Waals surface area contributed by atoms with Crippen LogP contribution in [0.4, 0.5) is 0 Å². The smallest absolute Gasteiger partial charge is 0.254 e. The van der Waals surface area contributed by atoms with Gasteiger partial charge >= 0.3 is 0 Å². The number of benzene rings is 1. The fourth-order valence-corrected chi connectivity index (χ4v) is 3.36. The summed E-state index contributed by atoms with van der Waals surface area (Å²) >= 11 is 0. The van der Waals surface area contributed by atoms with Gasteiger partial charge in [0.05, 0.1) is 0 Å². The first-order valence-electron chi connectivity index (χ1n) is 7.48. The molecule has 0 bridgehead atoms. The second-order valence-electron chi connectivity index (χ2n) is 5.89. The van der Waals surface area contributed by atoms with Crippen molar-refractivity contribution in [2.45, 2.75) is 32.2 Å². The molecule has 2 heterocycles. The first-order valence-corrected chi connectivity index (χ1v) is 7.48. The summed E-state index contributed by atoms with van der Waals surface area (Å²) in [4.78, 5) is 17.0. The first-order chi connectivity index (χ1) is 9.66. The number of phenols is 1. The molecule has 0 aromatic heterocycles. The molecule has 4 nitrogen and oxygen atoms in total. The Morgan fingerprint density at radius 3 is 2.75 bits per heavy atom. The maximum Gasteiger partial charge on any atom is 0.254 e. The van der Waals surface area contributed by atoms with Gasteiger partial charge in [-0.2, -0.15) is 0 Å². The van der Waals surface area contributed by atoms with Gasteiger partial charge in [-0.15, -0.1) is 0 Å². The molecular weight excluding hydrogens is 252 g/mol. The van der Waals surface area contributed by atoms with Gasteiger partial charge < -0.3 is 10.0 Å². The highest BCUT2D eigenvalue weighted by Gasteiger charge is 2.32. The van der Waals surface area contributed by atoms with Crippen LogP contribution in [0.3, 0.4) is 0 Å². The molecule has 0 saturated carbocycles. The molecule has 2 aliphatic heterocycles. The summed E-state index contributed by atoms with van der Waals surface area (Å²) in [6, 6.07) is 5.70. The highest BCUT2D eigenvalue weighted by molar-refractivity contribution is 5.96. The van der Waals surface area contributed by atoms with Gasteiger partial charge in [0.15, 0.2) is 0 Å². The molecule has 0 aliphatic carbocycles. The predicted octanol–water partition coefficient (Wildman–Crippen LogP) is 2.01. The van der Waals surface area contributed by atoms with Gasteiger partial charge in [-0.25, -0.2) is 0 Å². The van der Waals surface area contributed by atoms with E-state index in [-0.39, 0.29) is 11.7 Å². The maximum absolute atomic E-state index is 12.6. The lowest BCUT2D eigenvalue weighted by Gasteiger charge is -2.24. The second-order valence-corrected chi connectivity index (χ2v) is 5.89. The number of hydrogen-bond acceptors (Lipinski definition) is 3. The number of likely N-dealkylation sites (tertiary alicyclic amines) is 2. The van der Waals surface area contributed by atoms with Crippen LogP contribution in [0.15, 0.2) is 18.2 Å². The predicted molar refractivity (Wildman–Crippen MR) is 78.0 cm³/mol. The van der Waals surface area contributed by atoms with Crippen molar-refractivity contribution in [3.05, 3.63) is 29.3 Å². The number of rotatable bonds is 2. The van der Waals surface area contributed by atoms with E-state index in [1.807, 2.05) is 4.90 Å². The van der Waals surface area contributed by atoms with Crippen LogP contribution < -0.4 is 0 Å². The van der Waals surface area contributed by atoms with Gasteiger partial charge in [-0.3, -0.25) is 9.69 Å². The normalized spacial score (nSPS) is 23.4. The fraction of sp³-hybridized carbons (Fsp3) is 0.562. The van der Waals surface area contributed by atoms with Gasteiger partial charge in [0.1, 0.15) is 5.75 Å². The molecule has 2 fully saturated rings. The number of nitrogens with zero attached hydrogens (tertiary/aromatic N) is 2. The molecule has 0 spiro atoms. The Bertz CT molecular complexity index is 509. The lowest BCUT2D eigenvalue weighted by atomic mass is 10.1. The zero-order valence-corrected chi connectivity index (χ0v) is 12.0. The Kier molecular flexibility index (Phi) is 3.66. The molecule has 2 saturated heterocycles. The minimum atomic E-state index is 0.0556. The van der Waals surface area contributed by atoms with Crippen LogP contribution in [-0.2, 0) is 0 Å². The molecule has 20 heavy (non-hydrogen) atoms. The molecule has 1 N–H and O–H groups in total. The largest absolute Gasteiger partial charge is 0.508 e. The van der Waals surface area contributed by atoms with Crippen LogP contribution >= 0.6 is 0 Å². The third-order valence-corrected chi connectivity index (χ3v) is 4.64. The Balaban J connectivity index is 1.70. The summed E-state index contributed by atoms with van der Waals surface area (Å²) < 4.78 is 0. The fourth-order valence-electron chi connectivity index (χ4n) is 3.36. The van der Waals surface area contributed by atoms with Crippen molar-refractivity contribution in [2.24, 2.45) is 0 Å². The van der Waals surface area contributed by atoms with Gasteiger partial charge in [-0.1, -0.05) is 6.07 Å². The van der Waals surface area contributed by atoms with Gasteiger partial charge in [0, 0.05) is 30.3 Å². The van der Waals surface area contributed by atoms with Gasteiger partial charge in [0.25, 0.3) is 5.91 Å². The van der Waals surface area contributed by atoms with E-state index in [0.29, 0.717) is 17.2 Å². The SMILES string of the molecule is Cc1c(O)cccc1C(=O)N1CCC(N2CCCC2)C1. The van der Waals surface area contributed by atoms with Crippen molar-refractivity contribution < 1.29 is 9.90 Å². The van der Waals surface area contributed by atoms with E-state index in [2.05, 4.69) is 4.90 Å². The number of amides is 1. The molecule has 2 aliphatic rings. The van der Waals surface area contributed by atoms with Crippen molar-refractivity contribution in [1.29, 1.82) is 0 Å². The highest BCUT2D eigenvalue weighted by atomic mass is 16.3. The van der Waals surface area contributed by atoms with E-state index in [9.17, 15) is 9.90 Å². The number of phenolic OH excluding ortho intramolecular Hbond substituents is 1. The summed E-state index contributed by atoms with van der Waals surface area (Å²) in [6.45, 7) is 5.81. The van der Waals surface area contributed by atoms with Crippen LogP contribution in [0.1, 0.15) is 35.2 Å². The number of carbonyl (C=O) groups excluding carboxylic acids is 1. The molecule has 0 radical (unpaired) electrons. The molecule has 3 rings (SSSR count). The topological polar surface area (TPSA) is 43.8 Å². The maximum atomic E-state index is 12.6. The van der Waals surface area contributed by atoms with Crippen LogP contribution in [0, 0.1) is 6.92 Å².